The lowest BCUT2D eigenvalue weighted by Crippen LogP contribution is -2.31. The molecule has 0 radical (unpaired) electrons. The Morgan fingerprint density at radius 3 is 2.47 bits per heavy atom. The van der Waals surface area contributed by atoms with E-state index in [0.29, 0.717) is 0 Å². The minimum atomic E-state index is 0.743. The summed E-state index contributed by atoms with van der Waals surface area (Å²) in [5.41, 5.74) is 2.05. The van der Waals surface area contributed by atoms with E-state index in [1.807, 2.05) is 23.9 Å². The number of hydrogen-bond acceptors (Lipinski definition) is 3. The first-order valence-electron chi connectivity index (χ1n) is 5.17. The standard InChI is InChI=1S/C12H14N2S/c13-9-11-1-3-12(4-2-11)10-14-5-7-15-8-6-14/h1-4H,5-8,10H2. The summed E-state index contributed by atoms with van der Waals surface area (Å²) in [7, 11) is 0. The molecule has 1 aromatic carbocycles. The second-order valence-electron chi connectivity index (χ2n) is 3.70. The monoisotopic (exact) mass is 218 g/mol. The van der Waals surface area contributed by atoms with Crippen LogP contribution < -0.4 is 0 Å². The molecule has 1 aliphatic heterocycles. The maximum Gasteiger partial charge on any atom is 0.0991 e. The molecule has 2 rings (SSSR count). The lowest BCUT2D eigenvalue weighted by atomic mass is 10.1. The summed E-state index contributed by atoms with van der Waals surface area (Å²) in [4.78, 5) is 2.47. The van der Waals surface area contributed by atoms with Gasteiger partial charge in [0.25, 0.3) is 0 Å². The largest absolute Gasteiger partial charge is 0.297 e. The third kappa shape index (κ3) is 2.98. The van der Waals surface area contributed by atoms with Crippen LogP contribution in [0.15, 0.2) is 24.3 Å². The molecule has 0 spiro atoms. The summed E-state index contributed by atoms with van der Waals surface area (Å²) in [5, 5.41) is 8.69. The third-order valence-corrected chi connectivity index (χ3v) is 3.54. The Morgan fingerprint density at radius 2 is 1.87 bits per heavy atom. The molecule has 15 heavy (non-hydrogen) atoms. The number of rotatable bonds is 2. The van der Waals surface area contributed by atoms with E-state index in [2.05, 4.69) is 23.1 Å². The summed E-state index contributed by atoms with van der Waals surface area (Å²) < 4.78 is 0. The molecule has 0 aliphatic carbocycles. The van der Waals surface area contributed by atoms with Gasteiger partial charge < -0.3 is 0 Å². The predicted octanol–water partition coefficient (Wildman–Crippen LogP) is 2.11. The highest BCUT2D eigenvalue weighted by Crippen LogP contribution is 2.13. The molecular weight excluding hydrogens is 204 g/mol. The van der Waals surface area contributed by atoms with E-state index in [1.54, 1.807) is 0 Å². The first-order valence-corrected chi connectivity index (χ1v) is 6.33. The Bertz CT molecular complexity index is 347. The molecule has 1 fully saturated rings. The molecule has 1 aliphatic rings. The normalized spacial score (nSPS) is 17.3. The fraction of sp³-hybridized carbons (Fsp3) is 0.417. The van der Waals surface area contributed by atoms with Crippen molar-refractivity contribution in [3.63, 3.8) is 0 Å². The van der Waals surface area contributed by atoms with Gasteiger partial charge in [-0.05, 0) is 17.7 Å². The zero-order chi connectivity index (χ0) is 10.5. The molecule has 3 heteroatoms. The van der Waals surface area contributed by atoms with Gasteiger partial charge in [-0.25, -0.2) is 0 Å². The highest BCUT2D eigenvalue weighted by molar-refractivity contribution is 7.99. The predicted molar refractivity (Wildman–Crippen MR) is 63.8 cm³/mol. The van der Waals surface area contributed by atoms with Gasteiger partial charge in [-0.2, -0.15) is 17.0 Å². The van der Waals surface area contributed by atoms with Crippen molar-refractivity contribution in [1.82, 2.24) is 4.90 Å². The number of benzene rings is 1. The maximum atomic E-state index is 8.69. The van der Waals surface area contributed by atoms with Gasteiger partial charge in [0.1, 0.15) is 0 Å². The van der Waals surface area contributed by atoms with Crippen LogP contribution in [0.5, 0.6) is 0 Å². The highest BCUT2D eigenvalue weighted by Gasteiger charge is 2.10. The van der Waals surface area contributed by atoms with Crippen LogP contribution in [0.25, 0.3) is 0 Å². The van der Waals surface area contributed by atoms with E-state index < -0.39 is 0 Å². The second kappa shape index (κ2) is 5.20. The van der Waals surface area contributed by atoms with Crippen molar-refractivity contribution in [1.29, 1.82) is 5.26 Å². The van der Waals surface area contributed by atoms with Crippen LogP contribution in [0.2, 0.25) is 0 Å². The van der Waals surface area contributed by atoms with Gasteiger partial charge in [0, 0.05) is 31.1 Å². The average molecular weight is 218 g/mol. The molecule has 0 bridgehead atoms. The molecule has 78 valence electrons. The maximum absolute atomic E-state index is 8.69. The van der Waals surface area contributed by atoms with E-state index in [9.17, 15) is 0 Å². The van der Waals surface area contributed by atoms with Crippen LogP contribution in [0.3, 0.4) is 0 Å². The Kier molecular flexibility index (Phi) is 3.65. The van der Waals surface area contributed by atoms with E-state index in [0.717, 1.165) is 12.1 Å². The van der Waals surface area contributed by atoms with Crippen molar-refractivity contribution >= 4 is 11.8 Å². The van der Waals surface area contributed by atoms with Gasteiger partial charge >= 0.3 is 0 Å². The molecule has 0 N–H and O–H groups in total. The molecule has 0 saturated carbocycles. The number of thioether (sulfide) groups is 1. The van der Waals surface area contributed by atoms with Gasteiger partial charge in [0.05, 0.1) is 11.6 Å². The van der Waals surface area contributed by atoms with E-state index in [4.69, 9.17) is 5.26 Å². The summed E-state index contributed by atoms with van der Waals surface area (Å²) in [6, 6.07) is 10.0. The zero-order valence-electron chi connectivity index (χ0n) is 8.65. The average Bonchev–Trinajstić information content (AvgIpc) is 2.31. The van der Waals surface area contributed by atoms with Gasteiger partial charge in [-0.15, -0.1) is 0 Å². The lowest BCUT2D eigenvalue weighted by molar-refractivity contribution is 0.294. The van der Waals surface area contributed by atoms with Crippen molar-refractivity contribution in [2.45, 2.75) is 6.54 Å². The van der Waals surface area contributed by atoms with Gasteiger partial charge in [-0.1, -0.05) is 12.1 Å². The van der Waals surface area contributed by atoms with Crippen molar-refractivity contribution in [2.24, 2.45) is 0 Å². The number of nitriles is 1. The van der Waals surface area contributed by atoms with Crippen LogP contribution >= 0.6 is 11.8 Å². The Labute approximate surface area is 94.9 Å². The molecule has 0 unspecified atom stereocenters. The fourth-order valence-electron chi connectivity index (χ4n) is 1.70. The van der Waals surface area contributed by atoms with E-state index >= 15 is 0 Å². The Hall–Kier alpha value is -0.980. The second-order valence-corrected chi connectivity index (χ2v) is 4.92. The van der Waals surface area contributed by atoms with Gasteiger partial charge in [0.2, 0.25) is 0 Å². The smallest absolute Gasteiger partial charge is 0.0991 e. The van der Waals surface area contributed by atoms with Gasteiger partial charge in [0.15, 0.2) is 0 Å². The SMILES string of the molecule is N#Cc1ccc(CN2CCSCC2)cc1. The first-order chi connectivity index (χ1) is 7.38. The summed E-state index contributed by atoms with van der Waals surface area (Å²) in [5.74, 6) is 2.49. The molecule has 1 saturated heterocycles. The quantitative estimate of drug-likeness (QED) is 0.760. The lowest BCUT2D eigenvalue weighted by Gasteiger charge is -2.26. The minimum Gasteiger partial charge on any atom is -0.297 e. The molecule has 1 aromatic rings. The third-order valence-electron chi connectivity index (χ3n) is 2.59. The highest BCUT2D eigenvalue weighted by atomic mass is 32.2. The molecule has 1 heterocycles. The van der Waals surface area contributed by atoms with E-state index in [1.165, 1.54) is 30.2 Å². The van der Waals surface area contributed by atoms with Crippen LogP contribution in [-0.2, 0) is 6.54 Å². The van der Waals surface area contributed by atoms with E-state index in [-0.39, 0.29) is 0 Å². The van der Waals surface area contributed by atoms with Crippen LogP contribution in [0.4, 0.5) is 0 Å². The molecule has 0 aromatic heterocycles. The molecular formula is C12H14N2S. The Balaban J connectivity index is 1.95. The van der Waals surface area contributed by atoms with Crippen molar-refractivity contribution in [3.05, 3.63) is 35.4 Å². The fourth-order valence-corrected chi connectivity index (χ4v) is 2.68. The van der Waals surface area contributed by atoms with Crippen LogP contribution in [-0.4, -0.2) is 29.5 Å². The van der Waals surface area contributed by atoms with Crippen LogP contribution in [0, 0.1) is 11.3 Å². The number of hydrogen-bond donors (Lipinski definition) is 0. The topological polar surface area (TPSA) is 27.0 Å². The van der Waals surface area contributed by atoms with Crippen LogP contribution in [0.1, 0.15) is 11.1 Å². The zero-order valence-corrected chi connectivity index (χ0v) is 9.46. The van der Waals surface area contributed by atoms with Crippen molar-refractivity contribution in [2.75, 3.05) is 24.6 Å². The molecule has 0 atom stereocenters. The Morgan fingerprint density at radius 1 is 1.20 bits per heavy atom. The summed E-state index contributed by atoms with van der Waals surface area (Å²) in [6.07, 6.45) is 0. The summed E-state index contributed by atoms with van der Waals surface area (Å²) in [6.45, 7) is 3.39. The minimum absolute atomic E-state index is 0.743. The van der Waals surface area contributed by atoms with Crippen molar-refractivity contribution < 1.29 is 0 Å². The van der Waals surface area contributed by atoms with Crippen molar-refractivity contribution in [3.8, 4) is 6.07 Å². The summed E-state index contributed by atoms with van der Waals surface area (Å²) >= 11 is 2.03. The number of nitrogens with zero attached hydrogens (tertiary/aromatic N) is 2. The molecule has 2 nitrogen and oxygen atoms in total. The first kappa shape index (κ1) is 10.5. The van der Waals surface area contributed by atoms with Gasteiger partial charge in [-0.3, -0.25) is 4.90 Å². The molecule has 0 amide bonds.